The highest BCUT2D eigenvalue weighted by Gasteiger charge is 2.14. The molecule has 1 aromatic carbocycles. The Kier molecular flexibility index (Phi) is 3.79. The molecule has 0 radical (unpaired) electrons. The number of aryl methyl sites for hydroxylation is 1. The quantitative estimate of drug-likeness (QED) is 0.841. The summed E-state index contributed by atoms with van der Waals surface area (Å²) in [5.41, 5.74) is 3.54. The van der Waals surface area contributed by atoms with Crippen LogP contribution < -0.4 is 10.6 Å². The first kappa shape index (κ1) is 12.1. The zero-order valence-electron chi connectivity index (χ0n) is 10.5. The average Bonchev–Trinajstić information content (AvgIpc) is 2.49. The lowest BCUT2D eigenvalue weighted by atomic mass is 10.0. The molecule has 2 rings (SSSR count). The van der Waals surface area contributed by atoms with Crippen molar-refractivity contribution in [2.24, 2.45) is 0 Å². The van der Waals surface area contributed by atoms with Gasteiger partial charge in [0.1, 0.15) is 0 Å². The molecule has 0 fully saturated rings. The molecule has 0 aliphatic carbocycles. The van der Waals surface area contributed by atoms with Gasteiger partial charge in [0.25, 0.3) is 0 Å². The van der Waals surface area contributed by atoms with E-state index in [1.165, 1.54) is 11.1 Å². The summed E-state index contributed by atoms with van der Waals surface area (Å²) in [7, 11) is 0. The van der Waals surface area contributed by atoms with Crippen LogP contribution in [0.4, 0.5) is 5.69 Å². The number of carbonyl (C=O) groups excluding carboxylic acids is 1. The first-order valence-electron chi connectivity index (χ1n) is 6.36. The maximum absolute atomic E-state index is 11.4. The van der Waals surface area contributed by atoms with Crippen molar-refractivity contribution in [3.63, 3.8) is 0 Å². The molecular weight excluding hydrogens is 212 g/mol. The van der Waals surface area contributed by atoms with Crippen molar-refractivity contribution in [2.75, 3.05) is 11.9 Å². The maximum Gasteiger partial charge on any atom is 0.224 e. The second-order valence-electron chi connectivity index (χ2n) is 4.60. The minimum absolute atomic E-state index is 0.135. The minimum atomic E-state index is 0.135. The molecule has 1 amide bonds. The summed E-state index contributed by atoms with van der Waals surface area (Å²) in [6.07, 6.45) is 2.56. The normalized spacial score (nSPS) is 16.9. The van der Waals surface area contributed by atoms with Gasteiger partial charge in [-0.2, -0.15) is 0 Å². The van der Waals surface area contributed by atoms with Gasteiger partial charge in [-0.1, -0.05) is 19.1 Å². The van der Waals surface area contributed by atoms with E-state index in [-0.39, 0.29) is 5.91 Å². The lowest BCUT2D eigenvalue weighted by Gasteiger charge is -2.15. The summed E-state index contributed by atoms with van der Waals surface area (Å²) in [4.78, 5) is 11.4. The summed E-state index contributed by atoms with van der Waals surface area (Å²) >= 11 is 0. The summed E-state index contributed by atoms with van der Waals surface area (Å²) in [6, 6.07) is 6.71. The second-order valence-corrected chi connectivity index (χ2v) is 4.60. The lowest BCUT2D eigenvalue weighted by Crippen LogP contribution is -2.18. The third kappa shape index (κ3) is 2.86. The Labute approximate surface area is 103 Å². The van der Waals surface area contributed by atoms with E-state index in [9.17, 15) is 4.79 Å². The van der Waals surface area contributed by atoms with Crippen LogP contribution in [-0.4, -0.2) is 12.5 Å². The molecule has 0 aromatic heterocycles. The lowest BCUT2D eigenvalue weighted by molar-refractivity contribution is -0.116. The predicted octanol–water partition coefficient (Wildman–Crippen LogP) is 2.63. The SMILES string of the molecule is CCNC(C)c1ccc2c(c1)CCCC(=O)N2. The van der Waals surface area contributed by atoms with Crippen LogP contribution in [0.1, 0.15) is 43.9 Å². The highest BCUT2D eigenvalue weighted by Crippen LogP contribution is 2.25. The van der Waals surface area contributed by atoms with Gasteiger partial charge in [-0.3, -0.25) is 4.79 Å². The number of anilines is 1. The molecule has 1 aliphatic heterocycles. The second kappa shape index (κ2) is 5.32. The Hall–Kier alpha value is -1.35. The number of nitrogens with one attached hydrogen (secondary N) is 2. The van der Waals surface area contributed by atoms with Gasteiger partial charge < -0.3 is 10.6 Å². The molecule has 3 heteroatoms. The van der Waals surface area contributed by atoms with Crippen LogP contribution in [0, 0.1) is 0 Å². The third-order valence-electron chi connectivity index (χ3n) is 3.26. The predicted molar refractivity (Wildman–Crippen MR) is 70.1 cm³/mol. The summed E-state index contributed by atoms with van der Waals surface area (Å²) in [5.74, 6) is 0.135. The number of hydrogen-bond acceptors (Lipinski definition) is 2. The van der Waals surface area contributed by atoms with E-state index >= 15 is 0 Å². The topological polar surface area (TPSA) is 41.1 Å². The molecule has 1 aromatic rings. The molecule has 1 atom stereocenters. The van der Waals surface area contributed by atoms with Crippen molar-refractivity contribution in [3.05, 3.63) is 29.3 Å². The number of amides is 1. The van der Waals surface area contributed by atoms with Crippen molar-refractivity contribution in [1.82, 2.24) is 5.32 Å². The van der Waals surface area contributed by atoms with Crippen LogP contribution in [0.2, 0.25) is 0 Å². The maximum atomic E-state index is 11.4. The van der Waals surface area contributed by atoms with Crippen LogP contribution in [0.25, 0.3) is 0 Å². The van der Waals surface area contributed by atoms with Gasteiger partial charge in [0.15, 0.2) is 0 Å². The van der Waals surface area contributed by atoms with E-state index in [2.05, 4.69) is 36.6 Å². The molecule has 0 bridgehead atoms. The number of fused-ring (bicyclic) bond motifs is 1. The van der Waals surface area contributed by atoms with Gasteiger partial charge >= 0.3 is 0 Å². The first-order valence-corrected chi connectivity index (χ1v) is 6.36. The van der Waals surface area contributed by atoms with Gasteiger partial charge in [0, 0.05) is 18.2 Å². The Balaban J connectivity index is 2.24. The van der Waals surface area contributed by atoms with Crippen molar-refractivity contribution < 1.29 is 4.79 Å². The van der Waals surface area contributed by atoms with Crippen molar-refractivity contribution in [1.29, 1.82) is 0 Å². The monoisotopic (exact) mass is 232 g/mol. The molecule has 1 heterocycles. The smallest absolute Gasteiger partial charge is 0.224 e. The van der Waals surface area contributed by atoms with Gasteiger partial charge in [0.2, 0.25) is 5.91 Å². The molecule has 1 unspecified atom stereocenters. The Morgan fingerprint density at radius 3 is 3.00 bits per heavy atom. The fraction of sp³-hybridized carbons (Fsp3) is 0.500. The van der Waals surface area contributed by atoms with Crippen molar-refractivity contribution >= 4 is 11.6 Å². The van der Waals surface area contributed by atoms with Crippen molar-refractivity contribution in [3.8, 4) is 0 Å². The number of benzene rings is 1. The van der Waals surface area contributed by atoms with Crippen LogP contribution in [0.3, 0.4) is 0 Å². The number of rotatable bonds is 3. The highest BCUT2D eigenvalue weighted by molar-refractivity contribution is 5.92. The molecule has 3 nitrogen and oxygen atoms in total. The van der Waals surface area contributed by atoms with Crippen LogP contribution in [0.15, 0.2) is 18.2 Å². The Morgan fingerprint density at radius 1 is 1.41 bits per heavy atom. The minimum Gasteiger partial charge on any atom is -0.326 e. The molecule has 17 heavy (non-hydrogen) atoms. The van der Waals surface area contributed by atoms with Gasteiger partial charge in [0.05, 0.1) is 0 Å². The van der Waals surface area contributed by atoms with E-state index in [1.807, 2.05) is 6.07 Å². The standard InChI is InChI=1S/C14H20N2O/c1-3-15-10(2)11-7-8-13-12(9-11)5-4-6-14(17)16-13/h7-10,15H,3-6H2,1-2H3,(H,16,17). The summed E-state index contributed by atoms with van der Waals surface area (Å²) in [5, 5.41) is 6.37. The largest absolute Gasteiger partial charge is 0.326 e. The third-order valence-corrected chi connectivity index (χ3v) is 3.26. The Bertz CT molecular complexity index is 415. The highest BCUT2D eigenvalue weighted by atomic mass is 16.1. The number of hydrogen-bond donors (Lipinski definition) is 2. The van der Waals surface area contributed by atoms with E-state index < -0.39 is 0 Å². The van der Waals surface area contributed by atoms with Crippen molar-refractivity contribution in [2.45, 2.75) is 39.2 Å². The zero-order chi connectivity index (χ0) is 12.3. The molecule has 1 aliphatic rings. The fourth-order valence-electron chi connectivity index (χ4n) is 2.29. The molecule has 0 saturated heterocycles. The molecule has 2 N–H and O–H groups in total. The van der Waals surface area contributed by atoms with Gasteiger partial charge in [-0.05, 0) is 43.5 Å². The fourth-order valence-corrected chi connectivity index (χ4v) is 2.29. The van der Waals surface area contributed by atoms with E-state index in [0.717, 1.165) is 25.1 Å². The van der Waals surface area contributed by atoms with Crippen LogP contribution in [0.5, 0.6) is 0 Å². The summed E-state index contributed by atoms with van der Waals surface area (Å²) < 4.78 is 0. The zero-order valence-corrected chi connectivity index (χ0v) is 10.5. The van der Waals surface area contributed by atoms with E-state index in [4.69, 9.17) is 0 Å². The van der Waals surface area contributed by atoms with Crippen LogP contribution >= 0.6 is 0 Å². The van der Waals surface area contributed by atoms with E-state index in [1.54, 1.807) is 0 Å². The van der Waals surface area contributed by atoms with Crippen LogP contribution in [-0.2, 0) is 11.2 Å². The average molecular weight is 232 g/mol. The Morgan fingerprint density at radius 2 is 2.24 bits per heavy atom. The number of carbonyl (C=O) groups is 1. The van der Waals surface area contributed by atoms with Gasteiger partial charge in [-0.25, -0.2) is 0 Å². The molecular formula is C14H20N2O. The van der Waals surface area contributed by atoms with Gasteiger partial charge in [-0.15, -0.1) is 0 Å². The van der Waals surface area contributed by atoms with E-state index in [0.29, 0.717) is 12.5 Å². The molecule has 92 valence electrons. The summed E-state index contributed by atoms with van der Waals surface area (Å²) in [6.45, 7) is 5.25. The molecule has 0 spiro atoms. The first-order chi connectivity index (χ1) is 8.20. The molecule has 0 saturated carbocycles.